The van der Waals surface area contributed by atoms with E-state index in [0.717, 1.165) is 29.5 Å². The van der Waals surface area contributed by atoms with E-state index in [0.29, 0.717) is 17.7 Å². The minimum absolute atomic E-state index is 0.0999. The summed E-state index contributed by atoms with van der Waals surface area (Å²) >= 11 is 0. The zero-order valence-electron chi connectivity index (χ0n) is 26.1. The molecule has 0 saturated heterocycles. The number of hydrogen-bond donors (Lipinski definition) is 3. The summed E-state index contributed by atoms with van der Waals surface area (Å²) in [4.78, 5) is 43.2. The number of alkyl carbamates (subject to hydrolysis) is 1. The molecule has 230 valence electrons. The number of aromatic hydroxyl groups is 1. The first-order valence-electron chi connectivity index (χ1n) is 14.9. The molecule has 0 heterocycles. The number of rotatable bonds is 12. The molecule has 3 amide bonds. The molecule has 0 bridgehead atoms. The second kappa shape index (κ2) is 15.2. The highest BCUT2D eigenvalue weighted by Gasteiger charge is 2.37. The Kier molecular flexibility index (Phi) is 11.8. The summed E-state index contributed by atoms with van der Waals surface area (Å²) in [5, 5.41) is 16.8. The molecule has 8 heteroatoms. The molecule has 3 N–H and O–H groups in total. The molecular formula is C35H45N3O5. The van der Waals surface area contributed by atoms with Crippen LogP contribution >= 0.6 is 0 Å². The minimum atomic E-state index is -1.16. The van der Waals surface area contributed by atoms with E-state index in [1.54, 1.807) is 39.0 Å². The maximum absolute atomic E-state index is 14.6. The Hall–Kier alpha value is -4.33. The Morgan fingerprint density at radius 2 is 1.51 bits per heavy atom. The Labute approximate surface area is 255 Å². The van der Waals surface area contributed by atoms with Crippen molar-refractivity contribution in [2.75, 3.05) is 11.9 Å². The number of carbonyl (C=O) groups excluding carboxylic acids is 3. The molecule has 0 saturated carbocycles. The van der Waals surface area contributed by atoms with Crippen LogP contribution < -0.4 is 10.6 Å². The zero-order valence-corrected chi connectivity index (χ0v) is 26.1. The first-order valence-corrected chi connectivity index (χ1v) is 14.9. The van der Waals surface area contributed by atoms with Gasteiger partial charge in [0.25, 0.3) is 5.91 Å². The highest BCUT2D eigenvalue weighted by atomic mass is 16.6. The second-order valence-electron chi connectivity index (χ2n) is 11.8. The fourth-order valence-corrected chi connectivity index (χ4v) is 4.97. The number of unbranched alkanes of at least 4 members (excludes halogenated alkanes) is 2. The highest BCUT2D eigenvalue weighted by molar-refractivity contribution is 6.00. The number of para-hydroxylation sites is 2. The molecule has 0 aromatic heterocycles. The van der Waals surface area contributed by atoms with Gasteiger partial charge in [0.05, 0.1) is 0 Å². The SMILES string of the molecule is CCCCCN(C(=O)C(Cc1ccccc1)NC(=O)OC(C)(C)C)C(C(=O)Nc1c(C)cccc1C)c1ccccc1O. The molecule has 2 unspecified atom stereocenters. The summed E-state index contributed by atoms with van der Waals surface area (Å²) in [5.74, 6) is -1.01. The van der Waals surface area contributed by atoms with Crippen molar-refractivity contribution in [1.82, 2.24) is 10.2 Å². The smallest absolute Gasteiger partial charge is 0.408 e. The number of ether oxygens (including phenoxy) is 1. The summed E-state index contributed by atoms with van der Waals surface area (Å²) in [6.07, 6.45) is 1.83. The van der Waals surface area contributed by atoms with Gasteiger partial charge in [-0.05, 0) is 63.8 Å². The van der Waals surface area contributed by atoms with Gasteiger partial charge in [-0.1, -0.05) is 86.5 Å². The summed E-state index contributed by atoms with van der Waals surface area (Å²) in [7, 11) is 0. The standard InChI is InChI=1S/C35H45N3O5/c1-7-8-14-22-38(33(41)28(23-26-18-10-9-11-19-26)36-34(42)43-35(4,5)6)31(27-20-12-13-21-29(27)39)32(40)37-30-24(2)16-15-17-25(30)3/h9-13,15-21,28,31,39H,7-8,14,22-23H2,1-6H3,(H,36,42)(H,37,40). The van der Waals surface area contributed by atoms with Gasteiger partial charge >= 0.3 is 6.09 Å². The molecule has 8 nitrogen and oxygen atoms in total. The van der Waals surface area contributed by atoms with Crippen LogP contribution in [0, 0.1) is 13.8 Å². The molecule has 0 aliphatic heterocycles. The summed E-state index contributed by atoms with van der Waals surface area (Å²) in [6, 6.07) is 19.5. The third-order valence-corrected chi connectivity index (χ3v) is 7.08. The average Bonchev–Trinajstić information content (AvgIpc) is 2.94. The third kappa shape index (κ3) is 9.60. The molecule has 0 spiro atoms. The first-order chi connectivity index (χ1) is 20.4. The zero-order chi connectivity index (χ0) is 31.6. The van der Waals surface area contributed by atoms with Crippen LogP contribution in [0.2, 0.25) is 0 Å². The first kappa shape index (κ1) is 33.2. The topological polar surface area (TPSA) is 108 Å². The van der Waals surface area contributed by atoms with Gasteiger partial charge in [0, 0.05) is 24.2 Å². The number of benzene rings is 3. The number of anilines is 1. The molecule has 43 heavy (non-hydrogen) atoms. The normalized spacial score (nSPS) is 12.6. The summed E-state index contributed by atoms with van der Waals surface area (Å²) < 4.78 is 5.51. The van der Waals surface area contributed by atoms with Gasteiger partial charge < -0.3 is 25.4 Å². The van der Waals surface area contributed by atoms with E-state index < -0.39 is 35.6 Å². The van der Waals surface area contributed by atoms with Crippen molar-refractivity contribution < 1.29 is 24.2 Å². The monoisotopic (exact) mass is 587 g/mol. The third-order valence-electron chi connectivity index (χ3n) is 7.08. The molecule has 0 aliphatic carbocycles. The van der Waals surface area contributed by atoms with E-state index in [2.05, 4.69) is 17.6 Å². The number of nitrogens with one attached hydrogen (secondary N) is 2. The van der Waals surface area contributed by atoms with Crippen LogP contribution in [0.1, 0.15) is 75.3 Å². The van der Waals surface area contributed by atoms with Crippen molar-refractivity contribution in [3.63, 3.8) is 0 Å². The van der Waals surface area contributed by atoms with Gasteiger partial charge in [0.2, 0.25) is 5.91 Å². The van der Waals surface area contributed by atoms with Gasteiger partial charge in [0.1, 0.15) is 23.4 Å². The van der Waals surface area contributed by atoms with E-state index in [1.165, 1.54) is 11.0 Å². The van der Waals surface area contributed by atoms with Crippen molar-refractivity contribution in [2.45, 2.75) is 84.9 Å². The number of aryl methyl sites for hydroxylation is 2. The van der Waals surface area contributed by atoms with Crippen molar-refractivity contribution >= 4 is 23.6 Å². The van der Waals surface area contributed by atoms with E-state index in [1.807, 2.05) is 62.4 Å². The lowest BCUT2D eigenvalue weighted by molar-refractivity contribution is -0.141. The largest absolute Gasteiger partial charge is 0.508 e. The fraction of sp³-hybridized carbons (Fsp3) is 0.400. The lowest BCUT2D eigenvalue weighted by atomic mass is 9.98. The quantitative estimate of drug-likeness (QED) is 0.201. The fourth-order valence-electron chi connectivity index (χ4n) is 4.97. The van der Waals surface area contributed by atoms with Gasteiger partial charge in [-0.3, -0.25) is 9.59 Å². The number of phenolic OH excluding ortho intramolecular Hbond substituents is 1. The Balaban J connectivity index is 2.10. The predicted molar refractivity (Wildman–Crippen MR) is 170 cm³/mol. The van der Waals surface area contributed by atoms with Crippen LogP contribution in [-0.4, -0.2) is 46.1 Å². The van der Waals surface area contributed by atoms with Crippen molar-refractivity contribution in [1.29, 1.82) is 0 Å². The molecule has 3 aromatic rings. The van der Waals surface area contributed by atoms with Crippen LogP contribution in [-0.2, 0) is 20.7 Å². The number of carbonyl (C=O) groups is 3. The van der Waals surface area contributed by atoms with Crippen LogP contribution in [0.3, 0.4) is 0 Å². The number of hydrogen-bond acceptors (Lipinski definition) is 5. The van der Waals surface area contributed by atoms with E-state index in [4.69, 9.17) is 4.74 Å². The van der Waals surface area contributed by atoms with Gasteiger partial charge in [-0.25, -0.2) is 4.79 Å². The van der Waals surface area contributed by atoms with Gasteiger partial charge in [-0.2, -0.15) is 0 Å². The number of nitrogens with zero attached hydrogens (tertiary/aromatic N) is 1. The van der Waals surface area contributed by atoms with Gasteiger partial charge in [0.15, 0.2) is 0 Å². The predicted octanol–water partition coefficient (Wildman–Crippen LogP) is 6.84. The Morgan fingerprint density at radius 3 is 2.12 bits per heavy atom. The van der Waals surface area contributed by atoms with Crippen LogP contribution in [0.25, 0.3) is 0 Å². The van der Waals surface area contributed by atoms with E-state index >= 15 is 0 Å². The maximum atomic E-state index is 14.6. The molecule has 3 aromatic carbocycles. The lowest BCUT2D eigenvalue weighted by Gasteiger charge is -2.35. The second-order valence-corrected chi connectivity index (χ2v) is 11.8. The van der Waals surface area contributed by atoms with E-state index in [-0.39, 0.29) is 18.7 Å². The number of phenols is 1. The van der Waals surface area contributed by atoms with Crippen LogP contribution in [0.4, 0.5) is 10.5 Å². The highest BCUT2D eigenvalue weighted by Crippen LogP contribution is 2.32. The minimum Gasteiger partial charge on any atom is -0.508 e. The van der Waals surface area contributed by atoms with Gasteiger partial charge in [-0.15, -0.1) is 0 Å². The molecule has 3 rings (SSSR count). The Bertz CT molecular complexity index is 1360. The average molecular weight is 588 g/mol. The molecule has 2 atom stereocenters. The molecule has 0 aliphatic rings. The molecule has 0 fully saturated rings. The van der Waals surface area contributed by atoms with Crippen LogP contribution in [0.5, 0.6) is 5.75 Å². The van der Waals surface area contributed by atoms with E-state index in [9.17, 15) is 19.5 Å². The maximum Gasteiger partial charge on any atom is 0.408 e. The molecular weight excluding hydrogens is 542 g/mol. The molecule has 0 radical (unpaired) electrons. The lowest BCUT2D eigenvalue weighted by Crippen LogP contribution is -2.53. The van der Waals surface area contributed by atoms with Crippen molar-refractivity contribution in [3.8, 4) is 5.75 Å². The van der Waals surface area contributed by atoms with Crippen LogP contribution in [0.15, 0.2) is 72.8 Å². The summed E-state index contributed by atoms with van der Waals surface area (Å²) in [6.45, 7) is 11.4. The summed E-state index contributed by atoms with van der Waals surface area (Å²) in [5.41, 5.74) is 2.77. The van der Waals surface area contributed by atoms with Crippen molar-refractivity contribution in [3.05, 3.63) is 95.1 Å². The number of amides is 3. The van der Waals surface area contributed by atoms with Crippen molar-refractivity contribution in [2.24, 2.45) is 0 Å². The Morgan fingerprint density at radius 1 is 0.884 bits per heavy atom.